The molecule has 5 heteroatoms. The highest BCUT2D eigenvalue weighted by Gasteiger charge is 2.32. The zero-order valence-electron chi connectivity index (χ0n) is 15.3. The Bertz CT molecular complexity index is 587. The van der Waals surface area contributed by atoms with E-state index in [1.165, 1.54) is 13.5 Å². The maximum Gasteiger partial charge on any atom is 0.310 e. The Morgan fingerprint density at radius 2 is 1.88 bits per heavy atom. The first-order chi connectivity index (χ1) is 11.9. The molecule has 1 amide bonds. The van der Waals surface area contributed by atoms with Crippen LogP contribution in [0, 0.1) is 11.8 Å². The molecular formula is C20H28ClNO3. The Morgan fingerprint density at radius 3 is 2.48 bits per heavy atom. The van der Waals surface area contributed by atoms with Gasteiger partial charge < -0.3 is 9.64 Å². The number of hydrogen-bond donors (Lipinski definition) is 0. The fourth-order valence-corrected chi connectivity index (χ4v) is 3.76. The zero-order valence-corrected chi connectivity index (χ0v) is 16.1. The van der Waals surface area contributed by atoms with Gasteiger partial charge in [-0.2, -0.15) is 0 Å². The third-order valence-electron chi connectivity index (χ3n) is 5.13. The van der Waals surface area contributed by atoms with Gasteiger partial charge in [-0.1, -0.05) is 50.4 Å². The van der Waals surface area contributed by atoms with Gasteiger partial charge in [0.25, 0.3) is 0 Å². The lowest BCUT2D eigenvalue weighted by Crippen LogP contribution is -2.48. The minimum absolute atomic E-state index is 0.0665. The second-order valence-corrected chi connectivity index (χ2v) is 7.54. The lowest BCUT2D eigenvalue weighted by molar-refractivity contribution is -0.147. The third kappa shape index (κ3) is 5.46. The smallest absolute Gasteiger partial charge is 0.310 e. The molecule has 3 unspecified atom stereocenters. The Labute approximate surface area is 155 Å². The van der Waals surface area contributed by atoms with Crippen molar-refractivity contribution in [2.75, 3.05) is 13.7 Å². The predicted molar refractivity (Wildman–Crippen MR) is 99.5 cm³/mol. The summed E-state index contributed by atoms with van der Waals surface area (Å²) < 4.78 is 4.85. The number of rotatable bonds is 6. The average molecular weight is 366 g/mol. The van der Waals surface area contributed by atoms with E-state index in [0.29, 0.717) is 23.9 Å². The van der Waals surface area contributed by atoms with Crippen LogP contribution in [-0.4, -0.2) is 36.5 Å². The third-order valence-corrected chi connectivity index (χ3v) is 5.38. The van der Waals surface area contributed by atoms with Gasteiger partial charge in [0.05, 0.1) is 19.4 Å². The van der Waals surface area contributed by atoms with Crippen LogP contribution in [0.15, 0.2) is 24.3 Å². The summed E-state index contributed by atoms with van der Waals surface area (Å²) in [6.45, 7) is 4.44. The van der Waals surface area contributed by atoms with E-state index in [1.807, 2.05) is 24.0 Å². The predicted octanol–water partition coefficient (Wildman–Crippen LogP) is 4.10. The first-order valence-corrected chi connectivity index (χ1v) is 9.42. The van der Waals surface area contributed by atoms with Gasteiger partial charge in [0.1, 0.15) is 0 Å². The minimum Gasteiger partial charge on any atom is -0.469 e. The van der Waals surface area contributed by atoms with Crippen molar-refractivity contribution in [3.8, 4) is 0 Å². The highest BCUT2D eigenvalue weighted by molar-refractivity contribution is 6.30. The van der Waals surface area contributed by atoms with Crippen LogP contribution >= 0.6 is 11.6 Å². The van der Waals surface area contributed by atoms with E-state index in [9.17, 15) is 9.59 Å². The summed E-state index contributed by atoms with van der Waals surface area (Å²) in [6.07, 6.45) is 4.80. The maximum atomic E-state index is 13.0. The van der Waals surface area contributed by atoms with Crippen molar-refractivity contribution in [1.29, 1.82) is 0 Å². The molecular weight excluding hydrogens is 338 g/mol. The molecule has 1 saturated carbocycles. The number of methoxy groups -OCH3 is 1. The molecule has 25 heavy (non-hydrogen) atoms. The van der Waals surface area contributed by atoms with Crippen LogP contribution in [-0.2, 0) is 20.7 Å². The van der Waals surface area contributed by atoms with Gasteiger partial charge in [-0.3, -0.25) is 9.59 Å². The SMILES string of the molecule is COC(=O)C(C)CN(C(=O)Cc1ccc(Cl)cc1)C1CCCCC1C. The van der Waals surface area contributed by atoms with Crippen molar-refractivity contribution in [3.05, 3.63) is 34.9 Å². The quantitative estimate of drug-likeness (QED) is 0.713. The largest absolute Gasteiger partial charge is 0.469 e. The highest BCUT2D eigenvalue weighted by Crippen LogP contribution is 2.29. The highest BCUT2D eigenvalue weighted by atomic mass is 35.5. The van der Waals surface area contributed by atoms with Crippen LogP contribution in [0.1, 0.15) is 45.1 Å². The summed E-state index contributed by atoms with van der Waals surface area (Å²) in [4.78, 5) is 26.8. The van der Waals surface area contributed by atoms with E-state index in [-0.39, 0.29) is 23.8 Å². The number of carbonyl (C=O) groups excluding carboxylic acids is 2. The standard InChI is InChI=1S/C20H28ClNO3/c1-14-6-4-5-7-18(14)22(13-15(2)20(24)25-3)19(23)12-16-8-10-17(21)11-9-16/h8-11,14-15,18H,4-7,12-13H2,1-3H3. The molecule has 1 aliphatic carbocycles. The Kier molecular flexibility index (Phi) is 7.30. The first-order valence-electron chi connectivity index (χ1n) is 9.04. The van der Waals surface area contributed by atoms with E-state index < -0.39 is 0 Å². The number of ether oxygens (including phenoxy) is 1. The van der Waals surface area contributed by atoms with Gasteiger partial charge in [0, 0.05) is 17.6 Å². The van der Waals surface area contributed by atoms with Crippen LogP contribution in [0.2, 0.25) is 5.02 Å². The summed E-state index contributed by atoms with van der Waals surface area (Å²) in [6, 6.07) is 7.56. The lowest BCUT2D eigenvalue weighted by Gasteiger charge is -2.39. The van der Waals surface area contributed by atoms with E-state index >= 15 is 0 Å². The summed E-state index contributed by atoms with van der Waals surface area (Å²) in [5.41, 5.74) is 0.939. The molecule has 138 valence electrons. The fraction of sp³-hybridized carbons (Fsp3) is 0.600. The van der Waals surface area contributed by atoms with Crippen LogP contribution in [0.4, 0.5) is 0 Å². The van der Waals surface area contributed by atoms with E-state index in [4.69, 9.17) is 16.3 Å². The van der Waals surface area contributed by atoms with Crippen LogP contribution in [0.3, 0.4) is 0 Å². The molecule has 0 bridgehead atoms. The molecule has 1 fully saturated rings. The Balaban J connectivity index is 2.15. The number of nitrogens with zero attached hydrogens (tertiary/aromatic N) is 1. The molecule has 1 aliphatic rings. The van der Waals surface area contributed by atoms with Gasteiger partial charge in [-0.15, -0.1) is 0 Å². The van der Waals surface area contributed by atoms with Gasteiger partial charge in [-0.05, 0) is 36.5 Å². The molecule has 1 aromatic carbocycles. The molecule has 0 radical (unpaired) electrons. The normalized spacial score (nSPS) is 21.4. The average Bonchev–Trinajstić information content (AvgIpc) is 2.61. The van der Waals surface area contributed by atoms with Crippen molar-refractivity contribution in [2.24, 2.45) is 11.8 Å². The Hall–Kier alpha value is -1.55. The fourth-order valence-electron chi connectivity index (χ4n) is 3.63. The number of amides is 1. The summed E-state index contributed by atoms with van der Waals surface area (Å²) >= 11 is 5.92. The number of esters is 1. The zero-order chi connectivity index (χ0) is 18.4. The Morgan fingerprint density at radius 1 is 1.24 bits per heavy atom. The molecule has 1 aromatic rings. The van der Waals surface area contributed by atoms with Crippen molar-refractivity contribution in [2.45, 2.75) is 52.0 Å². The van der Waals surface area contributed by atoms with Crippen LogP contribution in [0.5, 0.6) is 0 Å². The topological polar surface area (TPSA) is 46.6 Å². The second-order valence-electron chi connectivity index (χ2n) is 7.10. The summed E-state index contributed by atoms with van der Waals surface area (Å²) in [5.74, 6) is -0.0781. The maximum absolute atomic E-state index is 13.0. The van der Waals surface area contributed by atoms with Crippen LogP contribution in [0.25, 0.3) is 0 Å². The molecule has 0 saturated heterocycles. The van der Waals surface area contributed by atoms with Crippen molar-refractivity contribution in [1.82, 2.24) is 4.90 Å². The minimum atomic E-state index is -0.326. The van der Waals surface area contributed by atoms with Gasteiger partial charge in [-0.25, -0.2) is 0 Å². The van der Waals surface area contributed by atoms with Crippen molar-refractivity contribution < 1.29 is 14.3 Å². The molecule has 4 nitrogen and oxygen atoms in total. The van der Waals surface area contributed by atoms with Crippen molar-refractivity contribution in [3.63, 3.8) is 0 Å². The van der Waals surface area contributed by atoms with Gasteiger partial charge >= 0.3 is 5.97 Å². The molecule has 0 aromatic heterocycles. The van der Waals surface area contributed by atoms with Gasteiger partial charge in [0.2, 0.25) is 5.91 Å². The molecule has 0 aliphatic heterocycles. The lowest BCUT2D eigenvalue weighted by atomic mass is 9.84. The van der Waals surface area contributed by atoms with E-state index in [1.54, 1.807) is 12.1 Å². The summed E-state index contributed by atoms with van der Waals surface area (Å²) in [7, 11) is 1.39. The van der Waals surface area contributed by atoms with Crippen molar-refractivity contribution >= 4 is 23.5 Å². The first kappa shape index (κ1) is 19.8. The molecule has 3 atom stereocenters. The molecule has 0 N–H and O–H groups in total. The number of benzene rings is 1. The van der Waals surface area contributed by atoms with Crippen LogP contribution < -0.4 is 0 Å². The van der Waals surface area contributed by atoms with E-state index in [2.05, 4.69) is 6.92 Å². The molecule has 0 spiro atoms. The number of carbonyl (C=O) groups is 2. The molecule has 2 rings (SSSR count). The monoisotopic (exact) mass is 365 g/mol. The number of halogens is 1. The number of hydrogen-bond acceptors (Lipinski definition) is 3. The van der Waals surface area contributed by atoms with Gasteiger partial charge in [0.15, 0.2) is 0 Å². The van der Waals surface area contributed by atoms with E-state index in [0.717, 1.165) is 24.8 Å². The second kappa shape index (κ2) is 9.23. The summed E-state index contributed by atoms with van der Waals surface area (Å²) in [5, 5.41) is 0.660. The molecule has 0 heterocycles.